The molecule has 0 radical (unpaired) electrons. The summed E-state index contributed by atoms with van der Waals surface area (Å²) in [5.74, 6) is 0.736. The van der Waals surface area contributed by atoms with Crippen LogP contribution in [0.5, 0.6) is 5.75 Å². The first-order valence-corrected chi connectivity index (χ1v) is 8.69. The van der Waals surface area contributed by atoms with E-state index in [9.17, 15) is 13.6 Å². The minimum Gasteiger partial charge on any atom is -0.434 e. The van der Waals surface area contributed by atoms with Crippen LogP contribution in [0.3, 0.4) is 0 Å². The van der Waals surface area contributed by atoms with Gasteiger partial charge < -0.3 is 9.30 Å². The highest BCUT2D eigenvalue weighted by molar-refractivity contribution is 6.31. The minimum absolute atomic E-state index is 0.0493. The first-order valence-electron chi connectivity index (χ1n) is 8.31. The van der Waals surface area contributed by atoms with Crippen LogP contribution in [0.4, 0.5) is 8.78 Å². The Kier molecular flexibility index (Phi) is 3.34. The third-order valence-corrected chi connectivity index (χ3v) is 5.45. The number of imidazole rings is 1. The van der Waals surface area contributed by atoms with Crippen molar-refractivity contribution in [3.8, 4) is 5.75 Å². The maximum Gasteiger partial charge on any atom is 0.387 e. The van der Waals surface area contributed by atoms with Crippen molar-refractivity contribution in [1.29, 1.82) is 0 Å². The van der Waals surface area contributed by atoms with Crippen molar-refractivity contribution in [3.63, 3.8) is 0 Å². The molecule has 1 aliphatic carbocycles. The van der Waals surface area contributed by atoms with Crippen molar-refractivity contribution in [2.75, 3.05) is 0 Å². The fourth-order valence-corrected chi connectivity index (χ4v) is 4.43. The molecule has 0 N–H and O–H groups in total. The fourth-order valence-electron chi connectivity index (χ4n) is 4.27. The Hall–Kier alpha value is -2.47. The lowest BCUT2D eigenvalue weighted by atomic mass is 9.97. The van der Waals surface area contributed by atoms with Gasteiger partial charge in [-0.05, 0) is 30.7 Å². The topological polar surface area (TPSA) is 44.1 Å². The van der Waals surface area contributed by atoms with Gasteiger partial charge in [-0.25, -0.2) is 4.98 Å². The third kappa shape index (κ3) is 2.18. The number of nitrogens with zero attached hydrogens (tertiary/aromatic N) is 2. The molecule has 0 spiro atoms. The van der Waals surface area contributed by atoms with Gasteiger partial charge in [-0.3, -0.25) is 4.79 Å². The molecule has 4 nitrogen and oxygen atoms in total. The Balaban J connectivity index is 1.79. The van der Waals surface area contributed by atoms with E-state index in [-0.39, 0.29) is 23.5 Å². The maximum atomic E-state index is 12.9. The van der Waals surface area contributed by atoms with Crippen LogP contribution in [0.1, 0.15) is 46.5 Å². The number of ketones is 1. The smallest absolute Gasteiger partial charge is 0.387 e. The molecule has 132 valence electrons. The van der Waals surface area contributed by atoms with Crippen molar-refractivity contribution in [2.24, 2.45) is 0 Å². The predicted octanol–water partition coefficient (Wildman–Crippen LogP) is 4.95. The molecular weight excluding hydrogens is 362 g/mol. The van der Waals surface area contributed by atoms with Gasteiger partial charge >= 0.3 is 6.61 Å². The zero-order valence-electron chi connectivity index (χ0n) is 13.5. The Morgan fingerprint density at radius 1 is 1.27 bits per heavy atom. The van der Waals surface area contributed by atoms with E-state index in [1.807, 2.05) is 16.7 Å². The molecule has 1 aromatic heterocycles. The number of carbonyl (C=O) groups excluding carboxylic acids is 1. The number of alkyl halides is 2. The number of halogens is 3. The molecular formula is C19H13ClF2N2O2. The monoisotopic (exact) mass is 374 g/mol. The third-order valence-electron chi connectivity index (χ3n) is 5.21. The van der Waals surface area contributed by atoms with Crippen LogP contribution in [0.2, 0.25) is 5.02 Å². The van der Waals surface area contributed by atoms with Crippen LogP contribution in [0, 0.1) is 0 Å². The van der Waals surface area contributed by atoms with Crippen molar-refractivity contribution in [3.05, 3.63) is 58.4 Å². The minimum atomic E-state index is -2.95. The van der Waals surface area contributed by atoms with Crippen LogP contribution >= 0.6 is 11.6 Å². The molecule has 0 saturated carbocycles. The Bertz CT molecular complexity index is 1060. The molecule has 2 aromatic carbocycles. The van der Waals surface area contributed by atoms with Crippen LogP contribution in [0.25, 0.3) is 11.0 Å². The van der Waals surface area contributed by atoms with E-state index < -0.39 is 6.61 Å². The summed E-state index contributed by atoms with van der Waals surface area (Å²) in [5.41, 5.74) is 2.58. The second-order valence-electron chi connectivity index (χ2n) is 6.64. The molecule has 5 rings (SSSR count). The molecule has 0 unspecified atom stereocenters. The molecule has 3 aromatic rings. The van der Waals surface area contributed by atoms with Crippen LogP contribution < -0.4 is 4.74 Å². The average molecular weight is 375 g/mol. The summed E-state index contributed by atoms with van der Waals surface area (Å²) in [6.45, 7) is -2.95. The molecule has 2 atom stereocenters. The van der Waals surface area contributed by atoms with Crippen molar-refractivity contribution < 1.29 is 18.3 Å². The number of ether oxygens (including phenoxy) is 1. The van der Waals surface area contributed by atoms with E-state index in [0.717, 1.165) is 16.9 Å². The second-order valence-corrected chi connectivity index (χ2v) is 7.08. The normalized spacial score (nSPS) is 21.0. The SMILES string of the molecule is O=C1C[C@@H]2C[C@H](c3c(OC(F)F)cccc31)n1c2nc2ccc(Cl)cc21. The number of rotatable bonds is 2. The first-order chi connectivity index (χ1) is 12.5. The van der Waals surface area contributed by atoms with Gasteiger partial charge in [0.05, 0.1) is 17.1 Å². The van der Waals surface area contributed by atoms with Gasteiger partial charge in [-0.2, -0.15) is 8.78 Å². The summed E-state index contributed by atoms with van der Waals surface area (Å²) in [5, 5.41) is 0.577. The Morgan fingerprint density at radius 3 is 2.92 bits per heavy atom. The summed E-state index contributed by atoms with van der Waals surface area (Å²) in [4.78, 5) is 17.4. The Labute approximate surface area is 152 Å². The van der Waals surface area contributed by atoms with Gasteiger partial charge in [0.1, 0.15) is 11.6 Å². The van der Waals surface area contributed by atoms with E-state index in [0.29, 0.717) is 29.0 Å². The molecule has 2 bridgehead atoms. The van der Waals surface area contributed by atoms with Gasteiger partial charge in [0.2, 0.25) is 0 Å². The maximum absolute atomic E-state index is 12.9. The van der Waals surface area contributed by atoms with Crippen LogP contribution in [-0.2, 0) is 0 Å². The molecule has 2 heterocycles. The van der Waals surface area contributed by atoms with Crippen LogP contribution in [-0.4, -0.2) is 21.9 Å². The summed E-state index contributed by atoms with van der Waals surface area (Å²) in [7, 11) is 0. The number of hydrogen-bond acceptors (Lipinski definition) is 3. The quantitative estimate of drug-likeness (QED) is 0.637. The lowest BCUT2D eigenvalue weighted by molar-refractivity contribution is -0.0507. The number of hydrogen-bond donors (Lipinski definition) is 0. The van der Waals surface area contributed by atoms with E-state index in [2.05, 4.69) is 4.98 Å². The summed E-state index contributed by atoms with van der Waals surface area (Å²) >= 11 is 6.16. The van der Waals surface area contributed by atoms with E-state index in [1.165, 1.54) is 6.07 Å². The lowest BCUT2D eigenvalue weighted by Gasteiger charge is -2.21. The van der Waals surface area contributed by atoms with Crippen LogP contribution in [0.15, 0.2) is 36.4 Å². The standard InChI is InChI=1S/C19H13ClF2N2O2/c20-10-4-5-12-13(8-10)24-14-6-9(18(24)23-12)7-15(25)11-2-1-3-16(17(11)14)26-19(21)22/h1-5,8-9,14,19H,6-7H2/t9-,14+/m0/s1. The molecule has 0 fully saturated rings. The molecule has 2 aliphatic rings. The largest absolute Gasteiger partial charge is 0.434 e. The number of benzene rings is 2. The van der Waals surface area contributed by atoms with Crippen molar-refractivity contribution >= 4 is 28.4 Å². The number of Topliss-reactive ketones (excluding diaryl/α,β-unsaturated/α-hetero) is 1. The molecule has 1 aliphatic heterocycles. The summed E-state index contributed by atoms with van der Waals surface area (Å²) in [6.07, 6.45) is 0.936. The molecule has 7 heteroatoms. The summed E-state index contributed by atoms with van der Waals surface area (Å²) in [6, 6.07) is 9.89. The molecule has 26 heavy (non-hydrogen) atoms. The second kappa shape index (κ2) is 5.51. The number of aromatic nitrogens is 2. The Morgan fingerprint density at radius 2 is 2.12 bits per heavy atom. The highest BCUT2D eigenvalue weighted by atomic mass is 35.5. The lowest BCUT2D eigenvalue weighted by Crippen LogP contribution is -2.15. The van der Waals surface area contributed by atoms with Gasteiger partial charge in [-0.15, -0.1) is 0 Å². The number of fused-ring (bicyclic) bond motifs is 9. The van der Waals surface area contributed by atoms with E-state index in [4.69, 9.17) is 16.3 Å². The molecule has 0 saturated heterocycles. The first kappa shape index (κ1) is 15.8. The van der Waals surface area contributed by atoms with Gasteiger partial charge in [0, 0.05) is 28.5 Å². The van der Waals surface area contributed by atoms with Crippen molar-refractivity contribution in [2.45, 2.75) is 31.4 Å². The van der Waals surface area contributed by atoms with Gasteiger partial charge in [0.25, 0.3) is 0 Å². The van der Waals surface area contributed by atoms with Gasteiger partial charge in [0.15, 0.2) is 5.78 Å². The van der Waals surface area contributed by atoms with Gasteiger partial charge in [-0.1, -0.05) is 23.7 Å². The zero-order valence-corrected chi connectivity index (χ0v) is 14.2. The zero-order chi connectivity index (χ0) is 18.0. The van der Waals surface area contributed by atoms with E-state index >= 15 is 0 Å². The van der Waals surface area contributed by atoms with Crippen molar-refractivity contribution in [1.82, 2.24) is 9.55 Å². The molecule has 0 amide bonds. The fraction of sp³-hybridized carbons (Fsp3) is 0.263. The predicted molar refractivity (Wildman–Crippen MR) is 92.3 cm³/mol. The highest BCUT2D eigenvalue weighted by Crippen LogP contribution is 2.50. The average Bonchev–Trinajstić information content (AvgIpc) is 3.07. The summed E-state index contributed by atoms with van der Waals surface area (Å²) < 4.78 is 32.6. The number of carbonyl (C=O) groups is 1. The highest BCUT2D eigenvalue weighted by Gasteiger charge is 2.42. The van der Waals surface area contributed by atoms with E-state index in [1.54, 1.807) is 18.2 Å².